The second kappa shape index (κ2) is 6.96. The third kappa shape index (κ3) is 3.21. The van der Waals surface area contributed by atoms with Crippen molar-refractivity contribution in [2.75, 3.05) is 18.0 Å². The summed E-state index contributed by atoms with van der Waals surface area (Å²) in [7, 11) is 0. The maximum absolute atomic E-state index is 14.2. The summed E-state index contributed by atoms with van der Waals surface area (Å²) in [6.45, 7) is 1.47. The van der Waals surface area contributed by atoms with Crippen LogP contribution in [-0.4, -0.2) is 24.0 Å². The molecule has 2 heterocycles. The maximum Gasteiger partial charge on any atom is 0.253 e. The van der Waals surface area contributed by atoms with Gasteiger partial charge in [-0.2, -0.15) is 0 Å². The summed E-state index contributed by atoms with van der Waals surface area (Å²) in [6, 6.07) is 11.2. The van der Waals surface area contributed by atoms with E-state index >= 15 is 0 Å². The molecule has 1 aliphatic rings. The minimum Gasteiger partial charge on any atom is -0.371 e. The number of hydrogen-bond acceptors (Lipinski definition) is 4. The van der Waals surface area contributed by atoms with Crippen LogP contribution in [0, 0.1) is 5.82 Å². The minimum absolute atomic E-state index is 0.0355. The van der Waals surface area contributed by atoms with Crippen molar-refractivity contribution in [1.29, 1.82) is 0 Å². The molecule has 1 fully saturated rings. The molecule has 1 amide bonds. The first-order valence-electron chi connectivity index (χ1n) is 8.42. The lowest BCUT2D eigenvalue weighted by Crippen LogP contribution is -2.34. The van der Waals surface area contributed by atoms with Gasteiger partial charge in [-0.3, -0.25) is 4.79 Å². The Morgan fingerprint density at radius 1 is 1.27 bits per heavy atom. The number of halogens is 2. The van der Waals surface area contributed by atoms with Gasteiger partial charge in [0.15, 0.2) is 0 Å². The molecule has 0 saturated carbocycles. The van der Waals surface area contributed by atoms with E-state index in [0.717, 1.165) is 36.5 Å². The van der Waals surface area contributed by atoms with Gasteiger partial charge in [0.2, 0.25) is 0 Å². The topological polar surface area (TPSA) is 59.2 Å². The van der Waals surface area contributed by atoms with Crippen LogP contribution in [0.3, 0.4) is 0 Å². The Labute approximate surface area is 163 Å². The van der Waals surface area contributed by atoms with Gasteiger partial charge in [-0.25, -0.2) is 9.37 Å². The molecule has 0 radical (unpaired) electrons. The van der Waals surface area contributed by atoms with Gasteiger partial charge in [-0.15, -0.1) is 11.3 Å². The number of fused-ring (bicyclic) bond motifs is 1. The van der Waals surface area contributed by atoms with Crippen molar-refractivity contribution in [3.8, 4) is 0 Å². The first kappa shape index (κ1) is 17.4. The highest BCUT2D eigenvalue weighted by Gasteiger charge is 2.27. The lowest BCUT2D eigenvalue weighted by Gasteiger charge is -2.34. The molecule has 7 heteroatoms. The van der Waals surface area contributed by atoms with Crippen molar-refractivity contribution >= 4 is 49.1 Å². The quantitative estimate of drug-likeness (QED) is 0.651. The largest absolute Gasteiger partial charge is 0.371 e. The van der Waals surface area contributed by atoms with Crippen LogP contribution in [0.25, 0.3) is 10.2 Å². The predicted molar refractivity (Wildman–Crippen MR) is 106 cm³/mol. The summed E-state index contributed by atoms with van der Waals surface area (Å²) < 4.78 is 16.0. The molecule has 4 rings (SSSR count). The first-order valence-corrected chi connectivity index (χ1v) is 10.0. The van der Waals surface area contributed by atoms with Crippen LogP contribution in [0.1, 0.15) is 34.1 Å². The highest BCUT2D eigenvalue weighted by Crippen LogP contribution is 2.36. The third-order valence-electron chi connectivity index (χ3n) is 4.78. The molecule has 0 bridgehead atoms. The predicted octanol–water partition coefficient (Wildman–Crippen LogP) is 4.68. The summed E-state index contributed by atoms with van der Waals surface area (Å²) in [5.41, 5.74) is 6.97. The van der Waals surface area contributed by atoms with E-state index in [9.17, 15) is 9.18 Å². The number of carbonyl (C=O) groups is 1. The van der Waals surface area contributed by atoms with E-state index in [-0.39, 0.29) is 5.56 Å². The Bertz CT molecular complexity index is 949. The maximum atomic E-state index is 14.2. The standard InChI is InChI=1S/C19H17BrFN3OS/c20-12-9-13(21)17(18(22)25)15(10-12)24-7-5-11(6-8-24)19-23-14-3-1-2-4-16(14)26-19/h1-4,9-11H,5-8H2,(H2,22,25). The van der Waals surface area contributed by atoms with E-state index in [0.29, 0.717) is 16.1 Å². The molecule has 4 nitrogen and oxygen atoms in total. The Kier molecular flexibility index (Phi) is 4.67. The number of hydrogen-bond donors (Lipinski definition) is 1. The molecule has 2 aromatic carbocycles. The van der Waals surface area contributed by atoms with Crippen LogP contribution in [0.4, 0.5) is 10.1 Å². The van der Waals surface area contributed by atoms with E-state index < -0.39 is 11.7 Å². The van der Waals surface area contributed by atoms with E-state index in [1.54, 1.807) is 17.4 Å². The van der Waals surface area contributed by atoms with Gasteiger partial charge in [0.1, 0.15) is 5.82 Å². The van der Waals surface area contributed by atoms with E-state index in [4.69, 9.17) is 10.7 Å². The van der Waals surface area contributed by atoms with E-state index in [1.807, 2.05) is 23.1 Å². The van der Waals surface area contributed by atoms with Crippen molar-refractivity contribution in [3.05, 3.63) is 57.3 Å². The molecule has 1 aliphatic heterocycles. The molecule has 1 saturated heterocycles. The highest BCUT2D eigenvalue weighted by atomic mass is 79.9. The van der Waals surface area contributed by atoms with Gasteiger partial charge >= 0.3 is 0 Å². The number of amides is 1. The Balaban J connectivity index is 1.56. The molecule has 0 atom stereocenters. The molecule has 3 aromatic rings. The van der Waals surface area contributed by atoms with Crippen LogP contribution < -0.4 is 10.6 Å². The Morgan fingerprint density at radius 3 is 2.69 bits per heavy atom. The summed E-state index contributed by atoms with van der Waals surface area (Å²) in [5, 5.41) is 1.15. The van der Waals surface area contributed by atoms with Crippen molar-refractivity contribution in [3.63, 3.8) is 0 Å². The molecule has 2 N–H and O–H groups in total. The zero-order valence-corrected chi connectivity index (χ0v) is 16.3. The number of benzene rings is 2. The summed E-state index contributed by atoms with van der Waals surface area (Å²) in [5.74, 6) is -0.939. The SMILES string of the molecule is NC(=O)c1c(F)cc(Br)cc1N1CCC(c2nc3ccccc3s2)CC1. The molecular formula is C19H17BrFN3OS. The number of primary amides is 1. The monoisotopic (exact) mass is 433 g/mol. The fraction of sp³-hybridized carbons (Fsp3) is 0.263. The zero-order valence-electron chi connectivity index (χ0n) is 13.9. The van der Waals surface area contributed by atoms with Gasteiger partial charge in [0.25, 0.3) is 5.91 Å². The minimum atomic E-state index is -0.738. The van der Waals surface area contributed by atoms with Crippen LogP contribution in [0.15, 0.2) is 40.9 Å². The van der Waals surface area contributed by atoms with Crippen molar-refractivity contribution in [2.24, 2.45) is 5.73 Å². The van der Waals surface area contributed by atoms with Crippen molar-refractivity contribution < 1.29 is 9.18 Å². The van der Waals surface area contributed by atoms with E-state index in [1.165, 1.54) is 10.8 Å². The van der Waals surface area contributed by atoms with E-state index in [2.05, 4.69) is 22.0 Å². The lowest BCUT2D eigenvalue weighted by atomic mass is 9.96. The number of anilines is 1. The highest BCUT2D eigenvalue weighted by molar-refractivity contribution is 9.10. The molecule has 26 heavy (non-hydrogen) atoms. The number of rotatable bonds is 3. The number of nitrogens with two attached hydrogens (primary N) is 1. The van der Waals surface area contributed by atoms with Gasteiger partial charge < -0.3 is 10.6 Å². The number of thiazole rings is 1. The van der Waals surface area contributed by atoms with Crippen molar-refractivity contribution in [1.82, 2.24) is 4.98 Å². The number of nitrogens with zero attached hydrogens (tertiary/aromatic N) is 2. The van der Waals surface area contributed by atoms with Crippen LogP contribution >= 0.6 is 27.3 Å². The second-order valence-corrected chi connectivity index (χ2v) is 8.41. The van der Waals surface area contributed by atoms with Gasteiger partial charge in [-0.1, -0.05) is 28.1 Å². The third-order valence-corrected chi connectivity index (χ3v) is 6.43. The molecule has 0 spiro atoms. The molecule has 0 unspecified atom stereocenters. The zero-order chi connectivity index (χ0) is 18.3. The second-order valence-electron chi connectivity index (χ2n) is 6.43. The molecule has 134 valence electrons. The van der Waals surface area contributed by atoms with Gasteiger partial charge in [-0.05, 0) is 37.1 Å². The van der Waals surface area contributed by atoms with Gasteiger partial charge in [0, 0.05) is 23.5 Å². The average Bonchev–Trinajstić information content (AvgIpc) is 3.05. The number of aromatic nitrogens is 1. The Morgan fingerprint density at radius 2 is 2.00 bits per heavy atom. The molecule has 1 aromatic heterocycles. The summed E-state index contributed by atoms with van der Waals surface area (Å²) in [4.78, 5) is 18.5. The molecular weight excluding hydrogens is 417 g/mol. The average molecular weight is 434 g/mol. The lowest BCUT2D eigenvalue weighted by molar-refractivity contribution is 0.0997. The Hall–Kier alpha value is -1.99. The van der Waals surface area contributed by atoms with Crippen LogP contribution in [-0.2, 0) is 0 Å². The normalized spacial score (nSPS) is 15.5. The number of carbonyl (C=O) groups excluding carboxylic acids is 1. The fourth-order valence-electron chi connectivity index (χ4n) is 3.49. The number of para-hydroxylation sites is 1. The van der Waals surface area contributed by atoms with Crippen molar-refractivity contribution in [2.45, 2.75) is 18.8 Å². The van der Waals surface area contributed by atoms with Crippen LogP contribution in [0.5, 0.6) is 0 Å². The number of piperidine rings is 1. The first-order chi connectivity index (χ1) is 12.5. The molecule has 0 aliphatic carbocycles. The van der Waals surface area contributed by atoms with Gasteiger partial charge in [0.05, 0.1) is 26.5 Å². The smallest absolute Gasteiger partial charge is 0.253 e. The van der Waals surface area contributed by atoms with Crippen LogP contribution in [0.2, 0.25) is 0 Å². The fourth-order valence-corrected chi connectivity index (χ4v) is 5.04. The summed E-state index contributed by atoms with van der Waals surface area (Å²) >= 11 is 5.05. The summed E-state index contributed by atoms with van der Waals surface area (Å²) in [6.07, 6.45) is 1.82.